The minimum absolute atomic E-state index is 0.0104. The Hall–Kier alpha value is -3.02. The molecule has 3 rings (SSSR count). The molecule has 6 nitrogen and oxygen atoms in total. The van der Waals surface area contributed by atoms with Crippen LogP contribution < -0.4 is 0 Å². The van der Waals surface area contributed by atoms with E-state index in [0.717, 1.165) is 11.3 Å². The van der Waals surface area contributed by atoms with Gasteiger partial charge in [0.15, 0.2) is 0 Å². The maximum atomic E-state index is 13.0. The first-order valence-corrected chi connectivity index (χ1v) is 7.83. The highest BCUT2D eigenvalue weighted by molar-refractivity contribution is 5.95. The SMILES string of the molecule is CC(C)N(Cc1ccccc1)C(=O)c1cccc(-n2cnnn2)c1. The molecule has 0 N–H and O–H groups in total. The number of aromatic nitrogens is 4. The summed E-state index contributed by atoms with van der Waals surface area (Å²) in [5.41, 5.74) is 2.48. The third-order valence-corrected chi connectivity index (χ3v) is 3.79. The number of benzene rings is 2. The first kappa shape index (κ1) is 15.9. The maximum absolute atomic E-state index is 13.0. The number of amides is 1. The van der Waals surface area contributed by atoms with Crippen molar-refractivity contribution in [1.82, 2.24) is 25.1 Å². The van der Waals surface area contributed by atoms with Crippen LogP contribution in [0.1, 0.15) is 29.8 Å². The third-order valence-electron chi connectivity index (χ3n) is 3.79. The number of nitrogens with zero attached hydrogens (tertiary/aromatic N) is 5. The van der Waals surface area contributed by atoms with Gasteiger partial charge in [0.05, 0.1) is 5.69 Å². The van der Waals surface area contributed by atoms with E-state index in [1.165, 1.54) is 11.0 Å². The van der Waals surface area contributed by atoms with Gasteiger partial charge in [0, 0.05) is 18.2 Å². The molecule has 0 saturated heterocycles. The van der Waals surface area contributed by atoms with Crippen molar-refractivity contribution in [2.45, 2.75) is 26.4 Å². The van der Waals surface area contributed by atoms with E-state index < -0.39 is 0 Å². The van der Waals surface area contributed by atoms with Gasteiger partial charge in [-0.05, 0) is 48.0 Å². The van der Waals surface area contributed by atoms with Crippen LogP contribution in [0, 0.1) is 0 Å². The number of hydrogen-bond donors (Lipinski definition) is 0. The lowest BCUT2D eigenvalue weighted by molar-refractivity contribution is 0.0690. The summed E-state index contributed by atoms with van der Waals surface area (Å²) in [5.74, 6) is -0.0104. The van der Waals surface area contributed by atoms with Gasteiger partial charge in [0.25, 0.3) is 5.91 Å². The summed E-state index contributed by atoms with van der Waals surface area (Å²) in [4.78, 5) is 14.8. The molecule has 1 aromatic heterocycles. The van der Waals surface area contributed by atoms with Crippen molar-refractivity contribution >= 4 is 5.91 Å². The summed E-state index contributed by atoms with van der Waals surface area (Å²) in [6.45, 7) is 4.62. The van der Waals surface area contributed by atoms with Crippen molar-refractivity contribution in [1.29, 1.82) is 0 Å². The van der Waals surface area contributed by atoms with E-state index in [4.69, 9.17) is 0 Å². The first-order chi connectivity index (χ1) is 11.6. The molecule has 0 aliphatic heterocycles. The predicted octanol–water partition coefficient (Wildman–Crippen LogP) is 2.71. The molecule has 0 fully saturated rings. The molecular formula is C18H19N5O. The number of tetrazole rings is 1. The average Bonchev–Trinajstić information content (AvgIpc) is 3.14. The van der Waals surface area contributed by atoms with Crippen LogP contribution in [-0.2, 0) is 6.54 Å². The largest absolute Gasteiger partial charge is 0.332 e. The zero-order chi connectivity index (χ0) is 16.9. The lowest BCUT2D eigenvalue weighted by Crippen LogP contribution is -2.36. The molecular weight excluding hydrogens is 302 g/mol. The van der Waals surface area contributed by atoms with E-state index in [1.54, 1.807) is 6.07 Å². The van der Waals surface area contributed by atoms with Crippen LogP contribution in [-0.4, -0.2) is 37.1 Å². The third kappa shape index (κ3) is 3.48. The summed E-state index contributed by atoms with van der Waals surface area (Å²) < 4.78 is 1.54. The molecule has 0 unspecified atom stereocenters. The van der Waals surface area contributed by atoms with Crippen molar-refractivity contribution in [2.75, 3.05) is 0 Å². The Kier molecular flexibility index (Phi) is 4.65. The van der Waals surface area contributed by atoms with Crippen molar-refractivity contribution < 1.29 is 4.79 Å². The minimum Gasteiger partial charge on any atom is -0.332 e. The Morgan fingerprint density at radius 1 is 1.12 bits per heavy atom. The molecule has 0 aliphatic rings. The molecule has 0 aliphatic carbocycles. The van der Waals surface area contributed by atoms with Gasteiger partial charge >= 0.3 is 0 Å². The quantitative estimate of drug-likeness (QED) is 0.725. The zero-order valence-electron chi connectivity index (χ0n) is 13.7. The average molecular weight is 321 g/mol. The lowest BCUT2D eigenvalue weighted by atomic mass is 10.1. The summed E-state index contributed by atoms with van der Waals surface area (Å²) in [7, 11) is 0. The molecule has 1 amide bonds. The van der Waals surface area contributed by atoms with Crippen molar-refractivity contribution in [2.24, 2.45) is 0 Å². The van der Waals surface area contributed by atoms with Crippen LogP contribution in [0.15, 0.2) is 60.9 Å². The molecule has 1 heterocycles. The van der Waals surface area contributed by atoms with Crippen LogP contribution in [0.3, 0.4) is 0 Å². The van der Waals surface area contributed by atoms with Crippen molar-refractivity contribution in [3.05, 3.63) is 72.1 Å². The number of hydrogen-bond acceptors (Lipinski definition) is 4. The number of carbonyl (C=O) groups is 1. The fourth-order valence-electron chi connectivity index (χ4n) is 2.50. The van der Waals surface area contributed by atoms with Crippen LogP contribution in [0.2, 0.25) is 0 Å². The molecule has 0 bridgehead atoms. The second-order valence-corrected chi connectivity index (χ2v) is 5.82. The normalized spacial score (nSPS) is 10.8. The Morgan fingerprint density at radius 3 is 2.58 bits per heavy atom. The Labute approximate surface area is 140 Å². The number of carbonyl (C=O) groups excluding carboxylic acids is 1. The fraction of sp³-hybridized carbons (Fsp3) is 0.222. The highest BCUT2D eigenvalue weighted by atomic mass is 16.2. The number of rotatable bonds is 5. The van der Waals surface area contributed by atoms with E-state index in [2.05, 4.69) is 15.5 Å². The van der Waals surface area contributed by atoms with Gasteiger partial charge in [-0.3, -0.25) is 4.79 Å². The van der Waals surface area contributed by atoms with Crippen LogP contribution in [0.4, 0.5) is 0 Å². The topological polar surface area (TPSA) is 63.9 Å². The molecule has 6 heteroatoms. The van der Waals surface area contributed by atoms with E-state index in [9.17, 15) is 4.79 Å². The maximum Gasteiger partial charge on any atom is 0.254 e. The highest BCUT2D eigenvalue weighted by Gasteiger charge is 2.19. The monoisotopic (exact) mass is 321 g/mol. The summed E-state index contributed by atoms with van der Waals surface area (Å²) in [5, 5.41) is 11.1. The van der Waals surface area contributed by atoms with Gasteiger partial charge in [-0.25, -0.2) is 4.68 Å². The van der Waals surface area contributed by atoms with Gasteiger partial charge in [-0.15, -0.1) is 5.10 Å². The Bertz CT molecular complexity index is 799. The van der Waals surface area contributed by atoms with Crippen LogP contribution >= 0.6 is 0 Å². The first-order valence-electron chi connectivity index (χ1n) is 7.83. The van der Waals surface area contributed by atoms with E-state index in [0.29, 0.717) is 12.1 Å². The Balaban J connectivity index is 1.86. The molecule has 0 saturated carbocycles. The van der Waals surface area contributed by atoms with Crippen molar-refractivity contribution in [3.8, 4) is 5.69 Å². The van der Waals surface area contributed by atoms with Crippen LogP contribution in [0.5, 0.6) is 0 Å². The standard InChI is InChI=1S/C18H19N5O/c1-14(2)22(12-15-7-4-3-5-8-15)18(24)16-9-6-10-17(11-16)23-13-19-20-21-23/h3-11,13-14H,12H2,1-2H3. The van der Waals surface area contributed by atoms with Gasteiger partial charge < -0.3 is 4.90 Å². The van der Waals surface area contributed by atoms with Gasteiger partial charge in [0.2, 0.25) is 0 Å². The van der Waals surface area contributed by atoms with Crippen LogP contribution in [0.25, 0.3) is 5.69 Å². The Morgan fingerprint density at radius 2 is 1.92 bits per heavy atom. The summed E-state index contributed by atoms with van der Waals surface area (Å²) in [6.07, 6.45) is 1.51. The minimum atomic E-state index is -0.0104. The van der Waals surface area contributed by atoms with Crippen molar-refractivity contribution in [3.63, 3.8) is 0 Å². The van der Waals surface area contributed by atoms with E-state index in [-0.39, 0.29) is 11.9 Å². The second-order valence-electron chi connectivity index (χ2n) is 5.82. The highest BCUT2D eigenvalue weighted by Crippen LogP contribution is 2.16. The molecule has 122 valence electrons. The van der Waals surface area contributed by atoms with Gasteiger partial charge in [-0.2, -0.15) is 0 Å². The summed E-state index contributed by atoms with van der Waals surface area (Å²) >= 11 is 0. The molecule has 2 aromatic carbocycles. The zero-order valence-corrected chi connectivity index (χ0v) is 13.7. The molecule has 0 spiro atoms. The molecule has 3 aromatic rings. The molecule has 24 heavy (non-hydrogen) atoms. The van der Waals surface area contributed by atoms with E-state index >= 15 is 0 Å². The van der Waals surface area contributed by atoms with Gasteiger partial charge in [-0.1, -0.05) is 36.4 Å². The lowest BCUT2D eigenvalue weighted by Gasteiger charge is -2.27. The summed E-state index contributed by atoms with van der Waals surface area (Å²) in [6, 6.07) is 17.4. The second kappa shape index (κ2) is 7.04. The molecule has 0 radical (unpaired) electrons. The smallest absolute Gasteiger partial charge is 0.254 e. The van der Waals surface area contributed by atoms with E-state index in [1.807, 2.05) is 67.3 Å². The predicted molar refractivity (Wildman–Crippen MR) is 90.6 cm³/mol. The molecule has 0 atom stereocenters. The van der Waals surface area contributed by atoms with Gasteiger partial charge in [0.1, 0.15) is 6.33 Å². The fourth-order valence-corrected chi connectivity index (χ4v) is 2.50.